The van der Waals surface area contributed by atoms with Gasteiger partial charge in [0.2, 0.25) is 0 Å². The summed E-state index contributed by atoms with van der Waals surface area (Å²) in [7, 11) is 0. The predicted octanol–water partition coefficient (Wildman–Crippen LogP) is 4.57. The van der Waals surface area contributed by atoms with Crippen LogP contribution in [0, 0.1) is 11.8 Å². The summed E-state index contributed by atoms with van der Waals surface area (Å²) in [6, 6.07) is 15.7. The summed E-state index contributed by atoms with van der Waals surface area (Å²) in [5.41, 5.74) is 2.70. The number of likely N-dealkylation sites (tertiary alicyclic amines) is 2. The number of piperidine rings is 2. The van der Waals surface area contributed by atoms with Gasteiger partial charge in [0.15, 0.2) is 0 Å². The number of benzene rings is 2. The molecule has 2 aliphatic heterocycles. The zero-order valence-electron chi connectivity index (χ0n) is 18.1. The summed E-state index contributed by atoms with van der Waals surface area (Å²) >= 11 is 0. The molecule has 4 rings (SSSR count). The molecule has 1 atom stereocenters. The lowest BCUT2D eigenvalue weighted by molar-refractivity contribution is 0.0619. The van der Waals surface area contributed by atoms with Gasteiger partial charge in [-0.15, -0.1) is 0 Å². The van der Waals surface area contributed by atoms with Crippen LogP contribution in [0.15, 0.2) is 48.5 Å². The maximum Gasteiger partial charge on any atom is 0.257 e. The second-order valence-electron chi connectivity index (χ2n) is 9.26. The second-order valence-corrected chi connectivity index (χ2v) is 9.26. The third-order valence-electron chi connectivity index (χ3n) is 6.74. The highest BCUT2D eigenvalue weighted by molar-refractivity contribution is 5.97. The van der Waals surface area contributed by atoms with Gasteiger partial charge in [0.25, 0.3) is 5.91 Å². The average molecular weight is 407 g/mol. The van der Waals surface area contributed by atoms with E-state index in [1.807, 2.05) is 35.2 Å². The van der Waals surface area contributed by atoms with E-state index in [1.165, 1.54) is 37.9 Å². The van der Waals surface area contributed by atoms with Gasteiger partial charge in [-0.25, -0.2) is 0 Å². The molecule has 1 unspecified atom stereocenters. The SMILES string of the molecule is CC1CCN(CC2CCCN(C(=O)c3cc(Cc4ccccc4)ccc3O)C2)CC1. The van der Waals surface area contributed by atoms with Crippen molar-refractivity contribution in [2.24, 2.45) is 11.8 Å². The lowest BCUT2D eigenvalue weighted by atomic mass is 9.93. The molecular weight excluding hydrogens is 372 g/mol. The molecule has 2 aromatic carbocycles. The van der Waals surface area contributed by atoms with E-state index in [4.69, 9.17) is 0 Å². The molecule has 0 aliphatic carbocycles. The molecule has 2 aliphatic rings. The predicted molar refractivity (Wildman–Crippen MR) is 121 cm³/mol. The monoisotopic (exact) mass is 406 g/mol. The number of amides is 1. The minimum absolute atomic E-state index is 0.0284. The van der Waals surface area contributed by atoms with E-state index >= 15 is 0 Å². The highest BCUT2D eigenvalue weighted by Gasteiger charge is 2.28. The van der Waals surface area contributed by atoms with Gasteiger partial charge in [-0.1, -0.05) is 43.3 Å². The summed E-state index contributed by atoms with van der Waals surface area (Å²) in [4.78, 5) is 17.8. The number of phenols is 1. The van der Waals surface area contributed by atoms with Crippen LogP contribution in [0.4, 0.5) is 0 Å². The Bertz CT molecular complexity index is 843. The Balaban J connectivity index is 1.41. The van der Waals surface area contributed by atoms with Crippen LogP contribution in [-0.2, 0) is 6.42 Å². The van der Waals surface area contributed by atoms with Crippen molar-refractivity contribution >= 4 is 5.91 Å². The number of aromatic hydroxyl groups is 1. The molecule has 2 fully saturated rings. The van der Waals surface area contributed by atoms with E-state index in [9.17, 15) is 9.90 Å². The number of hydrogen-bond donors (Lipinski definition) is 1. The van der Waals surface area contributed by atoms with E-state index in [0.717, 1.165) is 44.0 Å². The second kappa shape index (κ2) is 9.65. The van der Waals surface area contributed by atoms with Crippen LogP contribution in [0.25, 0.3) is 0 Å². The van der Waals surface area contributed by atoms with Gasteiger partial charge in [0.1, 0.15) is 5.75 Å². The van der Waals surface area contributed by atoms with E-state index in [2.05, 4.69) is 24.0 Å². The van der Waals surface area contributed by atoms with Crippen molar-refractivity contribution in [3.8, 4) is 5.75 Å². The van der Waals surface area contributed by atoms with Gasteiger partial charge < -0.3 is 14.9 Å². The summed E-state index contributed by atoms with van der Waals surface area (Å²) in [5.74, 6) is 1.44. The van der Waals surface area contributed by atoms with Crippen molar-refractivity contribution < 1.29 is 9.90 Å². The Morgan fingerprint density at radius 3 is 2.53 bits per heavy atom. The van der Waals surface area contributed by atoms with Crippen LogP contribution in [0.2, 0.25) is 0 Å². The first kappa shape index (κ1) is 20.9. The van der Waals surface area contributed by atoms with Crippen molar-refractivity contribution in [1.82, 2.24) is 9.80 Å². The third-order valence-corrected chi connectivity index (χ3v) is 6.74. The Labute approximate surface area is 180 Å². The lowest BCUT2D eigenvalue weighted by Crippen LogP contribution is -2.45. The smallest absolute Gasteiger partial charge is 0.257 e. The van der Waals surface area contributed by atoms with Crippen LogP contribution in [-0.4, -0.2) is 53.5 Å². The Hall–Kier alpha value is -2.33. The Morgan fingerprint density at radius 1 is 1.00 bits per heavy atom. The minimum atomic E-state index is -0.0284. The molecule has 30 heavy (non-hydrogen) atoms. The molecule has 4 heteroatoms. The number of nitrogens with zero attached hydrogens (tertiary/aromatic N) is 2. The molecule has 4 nitrogen and oxygen atoms in total. The van der Waals surface area contributed by atoms with Gasteiger partial charge in [-0.3, -0.25) is 4.79 Å². The number of phenolic OH excluding ortho intramolecular Hbond substituents is 1. The maximum atomic E-state index is 13.3. The summed E-state index contributed by atoms with van der Waals surface area (Å²) in [6.07, 6.45) is 5.58. The van der Waals surface area contributed by atoms with Gasteiger partial charge >= 0.3 is 0 Å². The number of carbonyl (C=O) groups excluding carboxylic acids is 1. The van der Waals surface area contributed by atoms with Crippen LogP contribution < -0.4 is 0 Å². The van der Waals surface area contributed by atoms with Gasteiger partial charge in [0.05, 0.1) is 5.56 Å². The normalized spacial score (nSPS) is 21.0. The largest absolute Gasteiger partial charge is 0.507 e. The minimum Gasteiger partial charge on any atom is -0.507 e. The first-order chi connectivity index (χ1) is 14.6. The quantitative estimate of drug-likeness (QED) is 0.791. The molecule has 0 saturated carbocycles. The van der Waals surface area contributed by atoms with Gasteiger partial charge in [0, 0.05) is 19.6 Å². The fourth-order valence-electron chi connectivity index (χ4n) is 4.87. The van der Waals surface area contributed by atoms with E-state index in [0.29, 0.717) is 11.5 Å². The molecule has 1 amide bonds. The summed E-state index contributed by atoms with van der Waals surface area (Å²) in [5, 5.41) is 10.4. The molecule has 2 saturated heterocycles. The Kier molecular flexibility index (Phi) is 6.73. The highest BCUT2D eigenvalue weighted by atomic mass is 16.3. The summed E-state index contributed by atoms with van der Waals surface area (Å²) in [6.45, 7) is 7.40. The standard InChI is InChI=1S/C26H34N2O2/c1-20-11-14-27(15-12-20)18-23-8-5-13-28(19-23)26(30)24-17-22(9-10-25(24)29)16-21-6-3-2-4-7-21/h2-4,6-7,9-10,17,20,23,29H,5,8,11-16,18-19H2,1H3. The highest BCUT2D eigenvalue weighted by Crippen LogP contribution is 2.26. The van der Waals surface area contributed by atoms with Gasteiger partial charge in [-0.05, 0) is 80.3 Å². The zero-order valence-corrected chi connectivity index (χ0v) is 18.1. The molecule has 2 aromatic rings. The average Bonchev–Trinajstić information content (AvgIpc) is 2.77. The van der Waals surface area contributed by atoms with Crippen molar-refractivity contribution in [3.63, 3.8) is 0 Å². The van der Waals surface area contributed by atoms with Crippen molar-refractivity contribution in [2.45, 2.75) is 39.0 Å². The molecule has 0 bridgehead atoms. The van der Waals surface area contributed by atoms with Crippen LogP contribution in [0.5, 0.6) is 5.75 Å². The molecular formula is C26H34N2O2. The van der Waals surface area contributed by atoms with Crippen molar-refractivity contribution in [1.29, 1.82) is 0 Å². The molecule has 0 spiro atoms. The fourth-order valence-corrected chi connectivity index (χ4v) is 4.87. The van der Waals surface area contributed by atoms with E-state index in [-0.39, 0.29) is 11.7 Å². The maximum absolute atomic E-state index is 13.3. The topological polar surface area (TPSA) is 43.8 Å². The molecule has 1 N–H and O–H groups in total. The molecule has 0 radical (unpaired) electrons. The van der Waals surface area contributed by atoms with Crippen molar-refractivity contribution in [3.05, 3.63) is 65.2 Å². The Morgan fingerprint density at radius 2 is 1.77 bits per heavy atom. The van der Waals surface area contributed by atoms with E-state index in [1.54, 1.807) is 6.07 Å². The number of rotatable bonds is 5. The van der Waals surface area contributed by atoms with Crippen LogP contribution >= 0.6 is 0 Å². The number of carbonyl (C=O) groups is 1. The van der Waals surface area contributed by atoms with E-state index < -0.39 is 0 Å². The summed E-state index contributed by atoms with van der Waals surface area (Å²) < 4.78 is 0. The van der Waals surface area contributed by atoms with Gasteiger partial charge in [-0.2, -0.15) is 0 Å². The zero-order chi connectivity index (χ0) is 20.9. The van der Waals surface area contributed by atoms with Crippen LogP contribution in [0.1, 0.15) is 54.1 Å². The third kappa shape index (κ3) is 5.23. The van der Waals surface area contributed by atoms with Crippen molar-refractivity contribution in [2.75, 3.05) is 32.7 Å². The molecule has 0 aromatic heterocycles. The van der Waals surface area contributed by atoms with Crippen LogP contribution in [0.3, 0.4) is 0 Å². The fraction of sp³-hybridized carbons (Fsp3) is 0.500. The molecule has 160 valence electrons. The lowest BCUT2D eigenvalue weighted by Gasteiger charge is -2.38. The first-order valence-electron chi connectivity index (χ1n) is 11.5. The number of hydrogen-bond acceptors (Lipinski definition) is 3. The first-order valence-corrected chi connectivity index (χ1v) is 11.5. The molecule has 2 heterocycles.